The van der Waals surface area contributed by atoms with Crippen LogP contribution in [0.1, 0.15) is 44.6 Å². The molecule has 7 heteroatoms. The molecule has 1 aromatic rings. The molecule has 1 spiro atoms. The molecule has 0 bridgehead atoms. The molecular formula is C19H23ClN2O4. The standard InChI is InChI=1S/C19H23ClN2O4/c1-12-3-5-19(6-4-12)17(23)22(18(24)21-19)11-13-9-14(20)16-15(10-13)25-7-2-8-26-16/h9-10,12H,2-8,11H2,1H3,(H,21,24). The molecule has 0 atom stereocenters. The summed E-state index contributed by atoms with van der Waals surface area (Å²) in [6.07, 6.45) is 4.11. The van der Waals surface area contributed by atoms with Crippen LogP contribution in [0.2, 0.25) is 5.02 Å². The molecular weight excluding hydrogens is 356 g/mol. The van der Waals surface area contributed by atoms with Crippen molar-refractivity contribution in [3.8, 4) is 11.5 Å². The van der Waals surface area contributed by atoms with Crippen molar-refractivity contribution in [2.45, 2.75) is 51.1 Å². The van der Waals surface area contributed by atoms with Gasteiger partial charge < -0.3 is 14.8 Å². The molecule has 2 aliphatic heterocycles. The van der Waals surface area contributed by atoms with Gasteiger partial charge in [-0.15, -0.1) is 0 Å². The lowest BCUT2D eigenvalue weighted by Gasteiger charge is -2.33. The summed E-state index contributed by atoms with van der Waals surface area (Å²) in [7, 11) is 0. The number of amides is 3. The highest BCUT2D eigenvalue weighted by atomic mass is 35.5. The van der Waals surface area contributed by atoms with Gasteiger partial charge in [0, 0.05) is 6.42 Å². The van der Waals surface area contributed by atoms with E-state index in [9.17, 15) is 9.59 Å². The van der Waals surface area contributed by atoms with Crippen molar-refractivity contribution in [3.05, 3.63) is 22.7 Å². The first kappa shape index (κ1) is 17.5. The lowest BCUT2D eigenvalue weighted by Crippen LogP contribution is -2.49. The van der Waals surface area contributed by atoms with E-state index in [1.807, 2.05) is 0 Å². The molecule has 4 rings (SSSR count). The number of urea groups is 1. The van der Waals surface area contributed by atoms with Gasteiger partial charge in [0.1, 0.15) is 5.54 Å². The second-order valence-corrected chi connectivity index (χ2v) is 7.95. The Kier molecular flexibility index (Phi) is 4.47. The fraction of sp³-hybridized carbons (Fsp3) is 0.579. The molecule has 26 heavy (non-hydrogen) atoms. The van der Waals surface area contributed by atoms with Gasteiger partial charge in [0.15, 0.2) is 11.5 Å². The van der Waals surface area contributed by atoms with E-state index in [1.54, 1.807) is 12.1 Å². The van der Waals surface area contributed by atoms with Gasteiger partial charge in [-0.05, 0) is 49.3 Å². The summed E-state index contributed by atoms with van der Waals surface area (Å²) >= 11 is 6.33. The maximum absolute atomic E-state index is 13.0. The molecule has 3 amide bonds. The number of nitrogens with one attached hydrogen (secondary N) is 1. The third kappa shape index (κ3) is 3.00. The van der Waals surface area contributed by atoms with E-state index >= 15 is 0 Å². The van der Waals surface area contributed by atoms with E-state index in [4.69, 9.17) is 21.1 Å². The zero-order valence-electron chi connectivity index (χ0n) is 14.8. The quantitative estimate of drug-likeness (QED) is 0.800. The van der Waals surface area contributed by atoms with Crippen molar-refractivity contribution >= 4 is 23.5 Å². The predicted octanol–water partition coefficient (Wildman–Crippen LogP) is 3.50. The average Bonchev–Trinajstić information content (AvgIpc) is 2.79. The van der Waals surface area contributed by atoms with Crippen LogP contribution in [-0.2, 0) is 11.3 Å². The Balaban J connectivity index is 1.56. The first-order chi connectivity index (χ1) is 12.5. The topological polar surface area (TPSA) is 67.9 Å². The third-order valence-corrected chi connectivity index (χ3v) is 5.86. The Labute approximate surface area is 157 Å². The molecule has 0 radical (unpaired) electrons. The number of ether oxygens (including phenoxy) is 2. The monoisotopic (exact) mass is 378 g/mol. The van der Waals surface area contributed by atoms with Gasteiger partial charge >= 0.3 is 6.03 Å². The van der Waals surface area contributed by atoms with Crippen molar-refractivity contribution in [2.75, 3.05) is 13.2 Å². The van der Waals surface area contributed by atoms with Crippen LogP contribution in [0.3, 0.4) is 0 Å². The van der Waals surface area contributed by atoms with Crippen LogP contribution in [0.25, 0.3) is 0 Å². The van der Waals surface area contributed by atoms with Crippen molar-refractivity contribution in [2.24, 2.45) is 5.92 Å². The van der Waals surface area contributed by atoms with E-state index in [2.05, 4.69) is 12.2 Å². The largest absolute Gasteiger partial charge is 0.489 e. The highest BCUT2D eigenvalue weighted by Crippen LogP contribution is 2.40. The lowest BCUT2D eigenvalue weighted by molar-refractivity contribution is -0.133. The van der Waals surface area contributed by atoms with Crippen LogP contribution >= 0.6 is 11.6 Å². The smallest absolute Gasteiger partial charge is 0.325 e. The molecule has 0 aromatic heterocycles. The number of rotatable bonds is 2. The van der Waals surface area contributed by atoms with Crippen molar-refractivity contribution < 1.29 is 19.1 Å². The summed E-state index contributed by atoms with van der Waals surface area (Å²) in [5.74, 6) is 1.57. The Morgan fingerprint density at radius 1 is 1.23 bits per heavy atom. The number of carbonyl (C=O) groups excluding carboxylic acids is 2. The summed E-state index contributed by atoms with van der Waals surface area (Å²) in [4.78, 5) is 26.8. The summed E-state index contributed by atoms with van der Waals surface area (Å²) in [6, 6.07) is 3.22. The van der Waals surface area contributed by atoms with Gasteiger partial charge in [-0.3, -0.25) is 9.69 Å². The summed E-state index contributed by atoms with van der Waals surface area (Å²) < 4.78 is 11.3. The number of nitrogens with zero attached hydrogens (tertiary/aromatic N) is 1. The number of carbonyl (C=O) groups is 2. The molecule has 1 aliphatic carbocycles. The van der Waals surface area contributed by atoms with E-state index < -0.39 is 5.54 Å². The molecule has 2 fully saturated rings. The Bertz CT molecular complexity index is 743. The van der Waals surface area contributed by atoms with Gasteiger partial charge in [-0.1, -0.05) is 18.5 Å². The Morgan fingerprint density at radius 3 is 2.73 bits per heavy atom. The minimum Gasteiger partial charge on any atom is -0.489 e. The first-order valence-corrected chi connectivity index (χ1v) is 9.58. The van der Waals surface area contributed by atoms with Gasteiger partial charge in [0.05, 0.1) is 24.8 Å². The first-order valence-electron chi connectivity index (χ1n) is 9.21. The Morgan fingerprint density at radius 2 is 1.96 bits per heavy atom. The summed E-state index contributed by atoms with van der Waals surface area (Å²) in [6.45, 7) is 3.47. The maximum Gasteiger partial charge on any atom is 0.325 e. The molecule has 1 aromatic carbocycles. The van der Waals surface area contributed by atoms with E-state index in [1.165, 1.54) is 4.90 Å². The molecule has 1 saturated heterocycles. The molecule has 1 saturated carbocycles. The number of hydrogen-bond acceptors (Lipinski definition) is 4. The summed E-state index contributed by atoms with van der Waals surface area (Å²) in [5, 5.41) is 3.38. The maximum atomic E-state index is 13.0. The molecule has 0 unspecified atom stereocenters. The summed E-state index contributed by atoms with van der Waals surface area (Å²) in [5.41, 5.74) is 0.0302. The minimum atomic E-state index is -0.724. The van der Waals surface area contributed by atoms with Crippen LogP contribution in [0.5, 0.6) is 11.5 Å². The number of halogens is 1. The molecule has 140 valence electrons. The molecule has 6 nitrogen and oxygen atoms in total. The minimum absolute atomic E-state index is 0.127. The van der Waals surface area contributed by atoms with Crippen molar-refractivity contribution in [1.29, 1.82) is 0 Å². The fourth-order valence-electron chi connectivity index (χ4n) is 3.97. The zero-order chi connectivity index (χ0) is 18.3. The van der Waals surface area contributed by atoms with Crippen LogP contribution in [0.15, 0.2) is 12.1 Å². The number of fused-ring (bicyclic) bond motifs is 1. The second-order valence-electron chi connectivity index (χ2n) is 7.54. The predicted molar refractivity (Wildman–Crippen MR) is 96.5 cm³/mol. The number of hydrogen-bond donors (Lipinski definition) is 1. The van der Waals surface area contributed by atoms with Gasteiger partial charge in [-0.25, -0.2) is 4.79 Å². The van der Waals surface area contributed by atoms with Gasteiger partial charge in [0.25, 0.3) is 5.91 Å². The number of benzene rings is 1. The van der Waals surface area contributed by atoms with E-state index in [-0.39, 0.29) is 18.5 Å². The third-order valence-electron chi connectivity index (χ3n) is 5.58. The Hall–Kier alpha value is -1.95. The zero-order valence-corrected chi connectivity index (χ0v) is 15.6. The van der Waals surface area contributed by atoms with Crippen LogP contribution in [-0.4, -0.2) is 35.6 Å². The second kappa shape index (κ2) is 6.65. The molecule has 2 heterocycles. The van der Waals surface area contributed by atoms with Gasteiger partial charge in [0.2, 0.25) is 0 Å². The average molecular weight is 379 g/mol. The van der Waals surface area contributed by atoms with Crippen molar-refractivity contribution in [1.82, 2.24) is 10.2 Å². The SMILES string of the molecule is CC1CCC2(CC1)NC(=O)N(Cc1cc(Cl)c3c(c1)OCCCO3)C2=O. The van der Waals surface area contributed by atoms with Crippen molar-refractivity contribution in [3.63, 3.8) is 0 Å². The molecule has 1 N–H and O–H groups in total. The lowest BCUT2D eigenvalue weighted by atomic mass is 9.77. The highest BCUT2D eigenvalue weighted by Gasteiger charge is 2.51. The number of imide groups is 1. The van der Waals surface area contributed by atoms with E-state index in [0.717, 1.165) is 24.8 Å². The normalized spacial score (nSPS) is 28.2. The van der Waals surface area contributed by atoms with Gasteiger partial charge in [-0.2, -0.15) is 0 Å². The van der Waals surface area contributed by atoms with Crippen LogP contribution < -0.4 is 14.8 Å². The fourth-order valence-corrected chi connectivity index (χ4v) is 4.26. The highest BCUT2D eigenvalue weighted by molar-refractivity contribution is 6.32. The van der Waals surface area contributed by atoms with Crippen LogP contribution in [0.4, 0.5) is 4.79 Å². The van der Waals surface area contributed by atoms with E-state index in [0.29, 0.717) is 48.5 Å². The van der Waals surface area contributed by atoms with Crippen LogP contribution in [0, 0.1) is 5.92 Å². The molecule has 3 aliphatic rings.